The summed E-state index contributed by atoms with van der Waals surface area (Å²) < 4.78 is 15.3. The molecule has 3 aromatic carbocycles. The van der Waals surface area contributed by atoms with Crippen LogP contribution in [-0.2, 0) is 20.7 Å². The Labute approximate surface area is 219 Å². The molecule has 1 aliphatic heterocycles. The Hall–Kier alpha value is -4.79. The lowest BCUT2D eigenvalue weighted by molar-refractivity contribution is -0.146. The molecule has 9 heteroatoms. The molecule has 5 rings (SSSR count). The van der Waals surface area contributed by atoms with Gasteiger partial charge in [0.15, 0.2) is 0 Å². The molecular formula is C29H27N3O6. The van der Waals surface area contributed by atoms with E-state index in [1.807, 2.05) is 24.3 Å². The van der Waals surface area contributed by atoms with Crippen molar-refractivity contribution in [3.8, 4) is 5.75 Å². The van der Waals surface area contributed by atoms with Gasteiger partial charge in [-0.15, -0.1) is 0 Å². The van der Waals surface area contributed by atoms with Crippen molar-refractivity contribution in [2.75, 3.05) is 26.6 Å². The van der Waals surface area contributed by atoms with Crippen LogP contribution in [0.3, 0.4) is 0 Å². The first-order valence-electron chi connectivity index (χ1n) is 12.0. The summed E-state index contributed by atoms with van der Waals surface area (Å²) in [4.78, 5) is 44.1. The first-order valence-corrected chi connectivity index (χ1v) is 12.0. The number of carbonyl (C=O) groups is 3. The SMILES string of the molecule is COC(=O)c1ccc(C2c3[nH]c4ccccc4c3CC(C(=O)OC)N2C(=O)Nc2cccc(OC)c2)cc1. The first kappa shape index (κ1) is 24.9. The molecule has 38 heavy (non-hydrogen) atoms. The zero-order valence-electron chi connectivity index (χ0n) is 21.2. The third kappa shape index (κ3) is 4.43. The van der Waals surface area contributed by atoms with Crippen molar-refractivity contribution in [2.24, 2.45) is 0 Å². The molecule has 0 fully saturated rings. The van der Waals surface area contributed by atoms with E-state index in [1.165, 1.54) is 19.1 Å². The smallest absolute Gasteiger partial charge is 0.337 e. The number of hydrogen-bond acceptors (Lipinski definition) is 6. The molecule has 9 nitrogen and oxygen atoms in total. The number of aromatic nitrogens is 1. The van der Waals surface area contributed by atoms with Gasteiger partial charge in [-0.25, -0.2) is 14.4 Å². The summed E-state index contributed by atoms with van der Waals surface area (Å²) in [5.41, 5.74) is 4.22. The van der Waals surface area contributed by atoms with Gasteiger partial charge in [-0.1, -0.05) is 36.4 Å². The highest BCUT2D eigenvalue weighted by molar-refractivity contribution is 5.96. The molecule has 0 saturated carbocycles. The number of para-hydroxylation sites is 1. The van der Waals surface area contributed by atoms with Crippen molar-refractivity contribution in [1.82, 2.24) is 9.88 Å². The van der Waals surface area contributed by atoms with Crippen molar-refractivity contribution in [2.45, 2.75) is 18.5 Å². The quantitative estimate of drug-likeness (QED) is 0.375. The van der Waals surface area contributed by atoms with Gasteiger partial charge in [0.05, 0.1) is 26.9 Å². The predicted molar refractivity (Wildman–Crippen MR) is 141 cm³/mol. The minimum Gasteiger partial charge on any atom is -0.497 e. The zero-order valence-corrected chi connectivity index (χ0v) is 21.2. The summed E-state index contributed by atoms with van der Waals surface area (Å²) in [7, 11) is 4.18. The van der Waals surface area contributed by atoms with Gasteiger partial charge in [0.25, 0.3) is 0 Å². The van der Waals surface area contributed by atoms with Crippen LogP contribution in [0, 0.1) is 0 Å². The lowest BCUT2D eigenvalue weighted by Gasteiger charge is -2.40. The van der Waals surface area contributed by atoms with E-state index in [1.54, 1.807) is 55.6 Å². The lowest BCUT2D eigenvalue weighted by Crippen LogP contribution is -2.53. The topological polar surface area (TPSA) is 110 Å². The van der Waals surface area contributed by atoms with Gasteiger partial charge in [0, 0.05) is 34.8 Å². The molecular weight excluding hydrogens is 486 g/mol. The van der Waals surface area contributed by atoms with E-state index in [-0.39, 0.29) is 6.42 Å². The maximum absolute atomic E-state index is 13.9. The second kappa shape index (κ2) is 10.3. The van der Waals surface area contributed by atoms with Gasteiger partial charge < -0.3 is 24.5 Å². The summed E-state index contributed by atoms with van der Waals surface area (Å²) in [6.07, 6.45) is 0.272. The number of aromatic amines is 1. The van der Waals surface area contributed by atoms with Crippen molar-refractivity contribution < 1.29 is 28.6 Å². The molecule has 0 spiro atoms. The molecule has 2 amide bonds. The van der Waals surface area contributed by atoms with Crippen LogP contribution in [0.5, 0.6) is 5.75 Å². The molecule has 0 radical (unpaired) electrons. The third-order valence-electron chi connectivity index (χ3n) is 6.81. The first-order chi connectivity index (χ1) is 18.4. The summed E-state index contributed by atoms with van der Waals surface area (Å²) in [6.45, 7) is 0. The van der Waals surface area contributed by atoms with Gasteiger partial charge in [0.1, 0.15) is 17.8 Å². The molecule has 2 unspecified atom stereocenters. The highest BCUT2D eigenvalue weighted by Crippen LogP contribution is 2.41. The van der Waals surface area contributed by atoms with Crippen LogP contribution in [0.25, 0.3) is 10.9 Å². The fraction of sp³-hybridized carbons (Fsp3) is 0.207. The molecule has 1 aliphatic rings. The fourth-order valence-electron chi connectivity index (χ4n) is 5.01. The van der Waals surface area contributed by atoms with Crippen molar-refractivity contribution >= 4 is 34.6 Å². The molecule has 1 aromatic heterocycles. The average Bonchev–Trinajstić information content (AvgIpc) is 3.33. The highest BCUT2D eigenvalue weighted by atomic mass is 16.5. The predicted octanol–water partition coefficient (Wildman–Crippen LogP) is 4.68. The van der Waals surface area contributed by atoms with Crippen molar-refractivity contribution in [3.05, 3.63) is 95.2 Å². The van der Waals surface area contributed by atoms with E-state index in [4.69, 9.17) is 14.2 Å². The summed E-state index contributed by atoms with van der Waals surface area (Å²) in [6, 6.07) is 19.5. The molecule has 0 bridgehead atoms. The molecule has 2 N–H and O–H groups in total. The minimum absolute atomic E-state index is 0.272. The van der Waals surface area contributed by atoms with Crippen LogP contribution in [0.2, 0.25) is 0 Å². The Bertz CT molecular complexity index is 1510. The normalized spacial score (nSPS) is 16.4. The van der Waals surface area contributed by atoms with Gasteiger partial charge in [-0.3, -0.25) is 4.90 Å². The number of methoxy groups -OCH3 is 3. The van der Waals surface area contributed by atoms with Crippen LogP contribution < -0.4 is 10.1 Å². The molecule has 0 saturated heterocycles. The number of fused-ring (bicyclic) bond motifs is 3. The number of urea groups is 1. The average molecular weight is 514 g/mol. The van der Waals surface area contributed by atoms with E-state index in [0.29, 0.717) is 22.6 Å². The fourth-order valence-corrected chi connectivity index (χ4v) is 5.01. The van der Waals surface area contributed by atoms with E-state index in [9.17, 15) is 14.4 Å². The molecule has 2 atom stereocenters. The monoisotopic (exact) mass is 513 g/mol. The number of carbonyl (C=O) groups excluding carboxylic acids is 3. The Morgan fingerprint density at radius 1 is 0.921 bits per heavy atom. The number of hydrogen-bond donors (Lipinski definition) is 2. The highest BCUT2D eigenvalue weighted by Gasteiger charge is 2.44. The number of amides is 2. The summed E-state index contributed by atoms with van der Waals surface area (Å²) >= 11 is 0. The number of ether oxygens (including phenoxy) is 3. The molecule has 194 valence electrons. The van der Waals surface area contributed by atoms with E-state index < -0.39 is 30.1 Å². The van der Waals surface area contributed by atoms with E-state index in [0.717, 1.165) is 22.2 Å². The van der Waals surface area contributed by atoms with E-state index >= 15 is 0 Å². The van der Waals surface area contributed by atoms with Crippen LogP contribution >= 0.6 is 0 Å². The second-order valence-electron chi connectivity index (χ2n) is 8.89. The summed E-state index contributed by atoms with van der Waals surface area (Å²) in [5.74, 6) is -0.414. The Morgan fingerprint density at radius 3 is 2.39 bits per heavy atom. The Morgan fingerprint density at radius 2 is 1.68 bits per heavy atom. The number of anilines is 1. The van der Waals surface area contributed by atoms with E-state index in [2.05, 4.69) is 10.3 Å². The standard InChI is InChI=1S/C29H27N3O6/c1-36-20-8-6-7-19(15-20)30-29(35)32-24(28(34)38-3)16-22-21-9-4-5-10-23(21)31-25(22)26(32)17-11-13-18(14-12-17)27(33)37-2/h4-15,24,26,31H,16H2,1-3H3,(H,30,35). The van der Waals surface area contributed by atoms with Gasteiger partial charge in [-0.05, 0) is 41.5 Å². The van der Waals surface area contributed by atoms with Crippen LogP contribution in [0.4, 0.5) is 10.5 Å². The molecule has 4 aromatic rings. The maximum Gasteiger partial charge on any atom is 0.337 e. The van der Waals surface area contributed by atoms with Gasteiger partial charge in [0.2, 0.25) is 0 Å². The van der Waals surface area contributed by atoms with Crippen molar-refractivity contribution in [3.63, 3.8) is 0 Å². The zero-order chi connectivity index (χ0) is 26.8. The number of esters is 2. The number of benzene rings is 3. The largest absolute Gasteiger partial charge is 0.497 e. The van der Waals surface area contributed by atoms with Crippen LogP contribution in [-0.4, -0.2) is 55.2 Å². The maximum atomic E-state index is 13.9. The van der Waals surface area contributed by atoms with Gasteiger partial charge in [-0.2, -0.15) is 0 Å². The number of nitrogens with zero attached hydrogens (tertiary/aromatic N) is 1. The number of nitrogens with one attached hydrogen (secondary N) is 2. The molecule has 2 heterocycles. The minimum atomic E-state index is -0.900. The number of rotatable bonds is 5. The van der Waals surface area contributed by atoms with Crippen LogP contribution in [0.1, 0.15) is 33.2 Å². The molecule has 0 aliphatic carbocycles. The van der Waals surface area contributed by atoms with Crippen LogP contribution in [0.15, 0.2) is 72.8 Å². The lowest BCUT2D eigenvalue weighted by atomic mass is 9.88. The number of H-pyrrole nitrogens is 1. The van der Waals surface area contributed by atoms with Gasteiger partial charge >= 0.3 is 18.0 Å². The third-order valence-corrected chi connectivity index (χ3v) is 6.81. The summed E-state index contributed by atoms with van der Waals surface area (Å²) in [5, 5.41) is 3.88. The Kier molecular flexibility index (Phi) is 6.74. The Balaban J connectivity index is 1.65. The second-order valence-corrected chi connectivity index (χ2v) is 8.89. The van der Waals surface area contributed by atoms with Crippen molar-refractivity contribution in [1.29, 1.82) is 0 Å².